The molecule has 1 atom stereocenters. The molecular formula is C11H6F2N2O2S. The summed E-state index contributed by atoms with van der Waals surface area (Å²) in [5, 5.41) is 0.305. The average molecular weight is 268 g/mol. The summed E-state index contributed by atoms with van der Waals surface area (Å²) in [5.41, 5.74) is -0.568. The SMILES string of the molecule is CC1Sc2c(C=O)c(=O)c3cc(F)c(F)nc3n21. The molecule has 1 aliphatic heterocycles. The minimum atomic E-state index is -1.25. The monoisotopic (exact) mass is 268 g/mol. The molecule has 0 bridgehead atoms. The fourth-order valence-electron chi connectivity index (χ4n) is 2.00. The summed E-state index contributed by atoms with van der Waals surface area (Å²) in [7, 11) is 0. The van der Waals surface area contributed by atoms with Gasteiger partial charge in [-0.15, -0.1) is 0 Å². The zero-order valence-electron chi connectivity index (χ0n) is 9.11. The van der Waals surface area contributed by atoms with Crippen LogP contribution in [0, 0.1) is 11.8 Å². The van der Waals surface area contributed by atoms with Crippen LogP contribution in [0.3, 0.4) is 0 Å². The lowest BCUT2D eigenvalue weighted by atomic mass is 10.2. The van der Waals surface area contributed by atoms with E-state index in [9.17, 15) is 18.4 Å². The first kappa shape index (κ1) is 11.3. The van der Waals surface area contributed by atoms with E-state index in [1.807, 2.05) is 6.92 Å². The molecule has 0 saturated carbocycles. The van der Waals surface area contributed by atoms with Crippen molar-refractivity contribution in [2.45, 2.75) is 17.3 Å². The number of pyridine rings is 2. The molecule has 3 heterocycles. The van der Waals surface area contributed by atoms with Gasteiger partial charge in [0.2, 0.25) is 5.43 Å². The molecule has 4 nitrogen and oxygen atoms in total. The second-order valence-electron chi connectivity index (χ2n) is 3.89. The molecule has 0 fully saturated rings. The number of aromatic nitrogens is 2. The van der Waals surface area contributed by atoms with Crippen molar-refractivity contribution in [1.82, 2.24) is 9.55 Å². The maximum atomic E-state index is 13.1. The largest absolute Gasteiger partial charge is 0.307 e. The van der Waals surface area contributed by atoms with Crippen LogP contribution in [0.2, 0.25) is 0 Å². The molecule has 92 valence electrons. The van der Waals surface area contributed by atoms with Crippen LogP contribution in [0.4, 0.5) is 8.78 Å². The number of aldehydes is 1. The Morgan fingerprint density at radius 1 is 1.50 bits per heavy atom. The van der Waals surface area contributed by atoms with Crippen LogP contribution in [0.1, 0.15) is 22.7 Å². The lowest BCUT2D eigenvalue weighted by molar-refractivity contribution is 0.111. The summed E-state index contributed by atoms with van der Waals surface area (Å²) in [6, 6.07) is 0.788. The number of hydrogen-bond acceptors (Lipinski definition) is 4. The van der Waals surface area contributed by atoms with Crippen LogP contribution in [0.25, 0.3) is 11.0 Å². The van der Waals surface area contributed by atoms with Crippen molar-refractivity contribution in [3.8, 4) is 0 Å². The van der Waals surface area contributed by atoms with E-state index in [-0.39, 0.29) is 22.0 Å². The van der Waals surface area contributed by atoms with Crippen molar-refractivity contribution in [3.63, 3.8) is 0 Å². The Morgan fingerprint density at radius 2 is 2.22 bits per heavy atom. The Morgan fingerprint density at radius 3 is 2.83 bits per heavy atom. The molecule has 2 aromatic heterocycles. The van der Waals surface area contributed by atoms with Gasteiger partial charge < -0.3 is 4.57 Å². The minimum Gasteiger partial charge on any atom is -0.307 e. The Kier molecular flexibility index (Phi) is 2.28. The van der Waals surface area contributed by atoms with Gasteiger partial charge in [-0.05, 0) is 13.0 Å². The maximum absolute atomic E-state index is 13.1. The summed E-state index contributed by atoms with van der Waals surface area (Å²) in [6.45, 7) is 1.82. The predicted molar refractivity (Wildman–Crippen MR) is 61.9 cm³/mol. The van der Waals surface area contributed by atoms with E-state index in [0.717, 1.165) is 6.07 Å². The van der Waals surface area contributed by atoms with E-state index in [2.05, 4.69) is 4.98 Å². The van der Waals surface area contributed by atoms with Gasteiger partial charge in [0, 0.05) is 0 Å². The van der Waals surface area contributed by atoms with Gasteiger partial charge in [0.25, 0.3) is 5.95 Å². The van der Waals surface area contributed by atoms with Gasteiger partial charge in [-0.3, -0.25) is 9.59 Å². The number of nitrogens with zero attached hydrogens (tertiary/aromatic N) is 2. The summed E-state index contributed by atoms with van der Waals surface area (Å²) in [4.78, 5) is 26.3. The molecule has 0 radical (unpaired) electrons. The quantitative estimate of drug-likeness (QED) is 0.587. The Labute approximate surface area is 104 Å². The van der Waals surface area contributed by atoms with E-state index in [4.69, 9.17) is 0 Å². The van der Waals surface area contributed by atoms with E-state index in [1.165, 1.54) is 11.8 Å². The third-order valence-corrected chi connectivity index (χ3v) is 4.04. The van der Waals surface area contributed by atoms with Gasteiger partial charge in [0.1, 0.15) is 5.65 Å². The molecule has 18 heavy (non-hydrogen) atoms. The lowest BCUT2D eigenvalue weighted by Gasteiger charge is -2.31. The van der Waals surface area contributed by atoms with Crippen molar-refractivity contribution in [3.05, 3.63) is 33.6 Å². The molecule has 2 aromatic rings. The van der Waals surface area contributed by atoms with Gasteiger partial charge in [0.15, 0.2) is 12.1 Å². The molecule has 0 N–H and O–H groups in total. The van der Waals surface area contributed by atoms with Crippen LogP contribution >= 0.6 is 11.8 Å². The fourth-order valence-corrected chi connectivity index (χ4v) is 3.10. The van der Waals surface area contributed by atoms with E-state index in [0.29, 0.717) is 11.3 Å². The molecule has 0 spiro atoms. The van der Waals surface area contributed by atoms with Gasteiger partial charge in [-0.1, -0.05) is 11.8 Å². The normalized spacial score (nSPS) is 17.4. The maximum Gasteiger partial charge on any atom is 0.250 e. The molecule has 0 aliphatic carbocycles. The van der Waals surface area contributed by atoms with Crippen molar-refractivity contribution in [2.24, 2.45) is 0 Å². The third-order valence-electron chi connectivity index (χ3n) is 2.84. The summed E-state index contributed by atoms with van der Waals surface area (Å²) in [5.74, 6) is -2.45. The second kappa shape index (κ2) is 3.61. The minimum absolute atomic E-state index is 0.0293. The van der Waals surface area contributed by atoms with Crippen LogP contribution < -0.4 is 5.43 Å². The summed E-state index contributed by atoms with van der Waals surface area (Å²) < 4.78 is 27.8. The van der Waals surface area contributed by atoms with Crippen molar-refractivity contribution >= 4 is 29.1 Å². The number of halogens is 2. The lowest BCUT2D eigenvalue weighted by Crippen LogP contribution is -2.26. The first-order chi connectivity index (χ1) is 8.54. The number of carbonyl (C=O) groups excluding carboxylic acids is 1. The Bertz CT molecular complexity index is 757. The zero-order chi connectivity index (χ0) is 13.0. The van der Waals surface area contributed by atoms with Crippen LogP contribution in [-0.2, 0) is 0 Å². The van der Waals surface area contributed by atoms with Gasteiger partial charge >= 0.3 is 0 Å². The molecule has 7 heteroatoms. The van der Waals surface area contributed by atoms with Crippen molar-refractivity contribution < 1.29 is 13.6 Å². The number of carbonyl (C=O) groups is 1. The molecule has 0 amide bonds. The zero-order valence-corrected chi connectivity index (χ0v) is 9.92. The highest BCUT2D eigenvalue weighted by Crippen LogP contribution is 2.45. The van der Waals surface area contributed by atoms with Crippen LogP contribution in [0.15, 0.2) is 15.9 Å². The van der Waals surface area contributed by atoms with Gasteiger partial charge in [-0.25, -0.2) is 4.39 Å². The molecule has 1 unspecified atom stereocenters. The fraction of sp³-hybridized carbons (Fsp3) is 0.182. The Hall–Kier alpha value is -1.76. The highest BCUT2D eigenvalue weighted by atomic mass is 32.2. The van der Waals surface area contributed by atoms with Crippen LogP contribution in [0.5, 0.6) is 0 Å². The van der Waals surface area contributed by atoms with Crippen molar-refractivity contribution in [2.75, 3.05) is 0 Å². The number of hydrogen-bond donors (Lipinski definition) is 0. The Balaban J connectivity index is 2.55. The van der Waals surface area contributed by atoms with Gasteiger partial charge in [0.05, 0.1) is 21.3 Å². The van der Waals surface area contributed by atoms with Crippen LogP contribution in [-0.4, -0.2) is 15.8 Å². The van der Waals surface area contributed by atoms with E-state index < -0.39 is 17.2 Å². The van der Waals surface area contributed by atoms with Gasteiger partial charge in [-0.2, -0.15) is 9.37 Å². The number of fused-ring (bicyclic) bond motifs is 3. The van der Waals surface area contributed by atoms with E-state index in [1.54, 1.807) is 4.57 Å². The van der Waals surface area contributed by atoms with E-state index >= 15 is 0 Å². The molecular weight excluding hydrogens is 262 g/mol. The first-order valence-electron chi connectivity index (χ1n) is 5.10. The number of rotatable bonds is 1. The molecule has 3 rings (SSSR count). The molecule has 1 aliphatic rings. The smallest absolute Gasteiger partial charge is 0.250 e. The third kappa shape index (κ3) is 1.28. The topological polar surface area (TPSA) is 52.0 Å². The standard InChI is InChI=1S/C11H6F2N2O2S/c1-4-15-10-5(2-7(12)9(13)14-10)8(17)6(3-16)11(15)18-4/h2-4H,1H3. The highest BCUT2D eigenvalue weighted by molar-refractivity contribution is 8.00. The molecule has 0 saturated heterocycles. The predicted octanol–water partition coefficient (Wildman–Crippen LogP) is 2.11. The second-order valence-corrected chi connectivity index (χ2v) is 5.19. The average Bonchev–Trinajstić information content (AvgIpc) is 2.31. The summed E-state index contributed by atoms with van der Waals surface area (Å²) >= 11 is 1.32. The van der Waals surface area contributed by atoms with Crippen molar-refractivity contribution in [1.29, 1.82) is 0 Å². The summed E-state index contributed by atoms with van der Waals surface area (Å²) in [6.07, 6.45) is 0.438. The highest BCUT2D eigenvalue weighted by Gasteiger charge is 2.30. The number of thioether (sulfide) groups is 1. The first-order valence-corrected chi connectivity index (χ1v) is 5.98. The molecule has 0 aromatic carbocycles.